The molecule has 2 aliphatic rings. The van der Waals surface area contributed by atoms with E-state index in [-0.39, 0.29) is 0 Å². The molecule has 2 heteroatoms. The lowest BCUT2D eigenvalue weighted by Crippen LogP contribution is -2.50. The zero-order valence-electron chi connectivity index (χ0n) is 12.1. The summed E-state index contributed by atoms with van der Waals surface area (Å²) >= 11 is 0. The molecule has 1 heterocycles. The number of benzene rings is 1. The fraction of sp³-hybridized carbons (Fsp3) is 0.647. The summed E-state index contributed by atoms with van der Waals surface area (Å²) in [7, 11) is 0. The molecule has 1 N–H and O–H groups in total. The van der Waals surface area contributed by atoms with Gasteiger partial charge in [-0.3, -0.25) is 4.90 Å². The van der Waals surface area contributed by atoms with Crippen LogP contribution in [0.2, 0.25) is 0 Å². The van der Waals surface area contributed by atoms with Crippen LogP contribution in [0.5, 0.6) is 5.75 Å². The Morgan fingerprint density at radius 1 is 1.37 bits per heavy atom. The van der Waals surface area contributed by atoms with Crippen molar-refractivity contribution in [3.63, 3.8) is 0 Å². The lowest BCUT2D eigenvalue weighted by molar-refractivity contribution is 0.0722. The lowest BCUT2D eigenvalue weighted by Gasteiger charge is -2.47. The Hall–Kier alpha value is -1.02. The van der Waals surface area contributed by atoms with Crippen molar-refractivity contribution >= 4 is 0 Å². The number of phenols is 1. The summed E-state index contributed by atoms with van der Waals surface area (Å²) in [5.41, 5.74) is 2.84. The number of fused-ring (bicyclic) bond motifs is 2. The first-order valence-electron chi connectivity index (χ1n) is 7.76. The van der Waals surface area contributed by atoms with E-state index in [1.165, 1.54) is 49.9 Å². The van der Waals surface area contributed by atoms with E-state index in [0.29, 0.717) is 11.7 Å². The molecule has 1 aliphatic carbocycles. The second-order valence-electron chi connectivity index (χ2n) is 6.29. The molecular formula is C17H25NO. The first-order chi connectivity index (χ1) is 9.20. The number of nitrogens with zero attached hydrogens (tertiary/aromatic N) is 1. The molecule has 1 aromatic rings. The Labute approximate surface area is 116 Å². The summed E-state index contributed by atoms with van der Waals surface area (Å²) in [6, 6.07) is 6.70. The van der Waals surface area contributed by atoms with Crippen LogP contribution < -0.4 is 0 Å². The van der Waals surface area contributed by atoms with Crippen LogP contribution in [0.15, 0.2) is 18.2 Å². The van der Waals surface area contributed by atoms with Gasteiger partial charge >= 0.3 is 0 Å². The molecule has 0 bridgehead atoms. The Bertz CT molecular complexity index is 455. The second-order valence-corrected chi connectivity index (χ2v) is 6.29. The maximum absolute atomic E-state index is 9.73. The predicted octanol–water partition coefficient (Wildman–Crippen LogP) is 3.54. The molecule has 19 heavy (non-hydrogen) atoms. The van der Waals surface area contributed by atoms with Gasteiger partial charge in [0.25, 0.3) is 0 Å². The van der Waals surface area contributed by atoms with Crippen LogP contribution in [0.25, 0.3) is 0 Å². The highest BCUT2D eigenvalue weighted by Crippen LogP contribution is 2.43. The molecular weight excluding hydrogens is 234 g/mol. The summed E-state index contributed by atoms with van der Waals surface area (Å²) in [6.07, 6.45) is 5.10. The summed E-state index contributed by atoms with van der Waals surface area (Å²) in [5, 5.41) is 9.73. The maximum atomic E-state index is 9.73. The Morgan fingerprint density at radius 3 is 3.00 bits per heavy atom. The van der Waals surface area contributed by atoms with Crippen LogP contribution in [0, 0.1) is 5.92 Å². The van der Waals surface area contributed by atoms with Gasteiger partial charge in [0.2, 0.25) is 0 Å². The molecule has 0 spiro atoms. The molecule has 0 aromatic heterocycles. The minimum absolute atomic E-state index is 0.422. The molecule has 2 unspecified atom stereocenters. The first-order valence-corrected chi connectivity index (χ1v) is 7.76. The summed E-state index contributed by atoms with van der Waals surface area (Å²) in [5.74, 6) is 1.78. The molecule has 0 radical (unpaired) electrons. The molecule has 3 atom stereocenters. The first kappa shape index (κ1) is 13.0. The lowest BCUT2D eigenvalue weighted by atomic mass is 9.69. The van der Waals surface area contributed by atoms with E-state index in [1.54, 1.807) is 0 Å². The highest BCUT2D eigenvalue weighted by atomic mass is 16.3. The number of hydrogen-bond acceptors (Lipinski definition) is 2. The minimum atomic E-state index is 0.422. The van der Waals surface area contributed by atoms with Crippen molar-refractivity contribution in [1.82, 2.24) is 4.90 Å². The van der Waals surface area contributed by atoms with Crippen molar-refractivity contribution in [3.05, 3.63) is 29.3 Å². The van der Waals surface area contributed by atoms with Gasteiger partial charge in [-0.05, 0) is 73.9 Å². The van der Waals surface area contributed by atoms with E-state index in [1.807, 2.05) is 12.1 Å². The number of rotatable bonds is 2. The number of phenolic OH excluding ortho intramolecular Hbond substituents is 1. The number of hydrogen-bond donors (Lipinski definition) is 1. The second kappa shape index (κ2) is 5.16. The van der Waals surface area contributed by atoms with Crippen LogP contribution in [0.3, 0.4) is 0 Å². The predicted molar refractivity (Wildman–Crippen MR) is 78.6 cm³/mol. The van der Waals surface area contributed by atoms with E-state index < -0.39 is 0 Å². The van der Waals surface area contributed by atoms with E-state index in [4.69, 9.17) is 0 Å². The molecule has 0 saturated carbocycles. The molecule has 2 nitrogen and oxygen atoms in total. The monoisotopic (exact) mass is 259 g/mol. The Balaban J connectivity index is 1.93. The van der Waals surface area contributed by atoms with Gasteiger partial charge in [0, 0.05) is 6.04 Å². The van der Waals surface area contributed by atoms with Gasteiger partial charge in [-0.2, -0.15) is 0 Å². The molecule has 1 saturated heterocycles. The normalized spacial score (nSPS) is 30.7. The van der Waals surface area contributed by atoms with Crippen molar-refractivity contribution < 1.29 is 5.11 Å². The highest BCUT2D eigenvalue weighted by Gasteiger charge is 2.39. The van der Waals surface area contributed by atoms with Crippen LogP contribution in [-0.2, 0) is 6.42 Å². The van der Waals surface area contributed by atoms with Gasteiger partial charge in [-0.15, -0.1) is 0 Å². The van der Waals surface area contributed by atoms with Gasteiger partial charge in [-0.1, -0.05) is 19.9 Å². The Morgan fingerprint density at radius 2 is 2.21 bits per heavy atom. The minimum Gasteiger partial charge on any atom is -0.508 e. The van der Waals surface area contributed by atoms with Gasteiger partial charge in [-0.25, -0.2) is 0 Å². The van der Waals surface area contributed by atoms with E-state index in [0.717, 1.165) is 12.0 Å². The molecule has 1 fully saturated rings. The van der Waals surface area contributed by atoms with Gasteiger partial charge < -0.3 is 5.11 Å². The maximum Gasteiger partial charge on any atom is 0.115 e. The zero-order chi connectivity index (χ0) is 13.4. The van der Waals surface area contributed by atoms with Crippen molar-refractivity contribution in [1.29, 1.82) is 0 Å². The van der Waals surface area contributed by atoms with Crippen molar-refractivity contribution in [2.75, 3.05) is 13.1 Å². The smallest absolute Gasteiger partial charge is 0.115 e. The highest BCUT2D eigenvalue weighted by molar-refractivity contribution is 5.40. The molecule has 1 aromatic carbocycles. The third-order valence-electron chi connectivity index (χ3n) is 5.15. The van der Waals surface area contributed by atoms with Crippen molar-refractivity contribution in [2.45, 2.75) is 51.5 Å². The number of likely N-dealkylation sites (tertiary alicyclic amines) is 1. The average molecular weight is 259 g/mol. The van der Waals surface area contributed by atoms with Crippen molar-refractivity contribution in [2.24, 2.45) is 5.92 Å². The van der Waals surface area contributed by atoms with Crippen LogP contribution in [0.4, 0.5) is 0 Å². The van der Waals surface area contributed by atoms with E-state index in [2.05, 4.69) is 24.8 Å². The third kappa shape index (κ3) is 2.27. The fourth-order valence-corrected chi connectivity index (χ4v) is 4.24. The molecule has 104 valence electrons. The molecule has 3 rings (SSSR count). The zero-order valence-corrected chi connectivity index (χ0v) is 12.1. The van der Waals surface area contributed by atoms with Gasteiger partial charge in [0.15, 0.2) is 0 Å². The average Bonchev–Trinajstić information content (AvgIpc) is 2.41. The topological polar surface area (TPSA) is 23.5 Å². The summed E-state index contributed by atoms with van der Waals surface area (Å²) < 4.78 is 0. The Kier molecular flexibility index (Phi) is 3.53. The van der Waals surface area contributed by atoms with E-state index >= 15 is 0 Å². The van der Waals surface area contributed by atoms with Crippen LogP contribution >= 0.6 is 0 Å². The summed E-state index contributed by atoms with van der Waals surface area (Å²) in [6.45, 7) is 7.14. The molecule has 1 aliphatic heterocycles. The van der Waals surface area contributed by atoms with Crippen LogP contribution in [0.1, 0.15) is 50.2 Å². The SMILES string of the molecule is CCCN1CCCC2C1Cc1ccc(O)cc1[C@H]2C. The van der Waals surface area contributed by atoms with E-state index in [9.17, 15) is 5.11 Å². The largest absolute Gasteiger partial charge is 0.508 e. The molecule has 0 amide bonds. The number of piperidine rings is 1. The van der Waals surface area contributed by atoms with Gasteiger partial charge in [0.05, 0.1) is 0 Å². The van der Waals surface area contributed by atoms with Crippen LogP contribution in [-0.4, -0.2) is 29.1 Å². The standard InChI is InChI=1S/C17H25NO/c1-3-8-18-9-4-5-15-12(2)16-11-14(19)7-6-13(16)10-17(15)18/h6-7,11-12,15,17,19H,3-5,8-10H2,1-2H3/t12-,15?,17?/m0/s1. The third-order valence-corrected chi connectivity index (χ3v) is 5.15. The van der Waals surface area contributed by atoms with Crippen molar-refractivity contribution in [3.8, 4) is 5.75 Å². The quantitative estimate of drug-likeness (QED) is 0.878. The van der Waals surface area contributed by atoms with Gasteiger partial charge in [0.1, 0.15) is 5.75 Å². The fourth-order valence-electron chi connectivity index (χ4n) is 4.24. The summed E-state index contributed by atoms with van der Waals surface area (Å²) in [4.78, 5) is 2.71. The number of aromatic hydroxyl groups is 1.